The van der Waals surface area contributed by atoms with Crippen LogP contribution in [0, 0.1) is 0 Å². The molecule has 1 aromatic carbocycles. The van der Waals surface area contributed by atoms with E-state index in [-0.39, 0.29) is 5.91 Å². The number of anilines is 1. The Hall–Kier alpha value is -1.26. The van der Waals surface area contributed by atoms with Gasteiger partial charge in [0, 0.05) is 6.54 Å². The van der Waals surface area contributed by atoms with Gasteiger partial charge >= 0.3 is 0 Å². The van der Waals surface area contributed by atoms with Crippen LogP contribution < -0.4 is 11.1 Å². The second kappa shape index (κ2) is 8.02. The van der Waals surface area contributed by atoms with Crippen molar-refractivity contribution in [3.8, 4) is 0 Å². The van der Waals surface area contributed by atoms with Crippen LogP contribution in [0.15, 0.2) is 18.2 Å². The van der Waals surface area contributed by atoms with Gasteiger partial charge in [0.1, 0.15) is 0 Å². The number of hydrogen-bond acceptors (Lipinski definition) is 3. The number of carbonyl (C=O) groups excluding carboxylic acids is 1. The molecule has 0 heterocycles. The monoisotopic (exact) mass is 283 g/mol. The number of benzene rings is 1. The first kappa shape index (κ1) is 15.8. The lowest BCUT2D eigenvalue weighted by Crippen LogP contribution is -2.30. The molecule has 5 heteroatoms. The van der Waals surface area contributed by atoms with E-state index in [0.29, 0.717) is 22.8 Å². The fraction of sp³-hybridized carbons (Fsp3) is 0.500. The highest BCUT2D eigenvalue weighted by atomic mass is 35.5. The Kier molecular flexibility index (Phi) is 6.67. The average molecular weight is 284 g/mol. The molecule has 0 unspecified atom stereocenters. The predicted octanol–water partition coefficient (Wildman–Crippen LogP) is 2.38. The quantitative estimate of drug-likeness (QED) is 0.597. The van der Waals surface area contributed by atoms with Crippen molar-refractivity contribution in [3.05, 3.63) is 28.8 Å². The van der Waals surface area contributed by atoms with Crippen LogP contribution in [0.1, 0.15) is 30.6 Å². The van der Waals surface area contributed by atoms with Gasteiger partial charge < -0.3 is 16.0 Å². The molecule has 3 N–H and O–H groups in total. The number of rotatable bonds is 7. The van der Waals surface area contributed by atoms with Gasteiger partial charge in [-0.3, -0.25) is 4.79 Å². The van der Waals surface area contributed by atoms with E-state index in [1.807, 2.05) is 0 Å². The summed E-state index contributed by atoms with van der Waals surface area (Å²) >= 11 is 5.89. The van der Waals surface area contributed by atoms with Crippen LogP contribution >= 0.6 is 11.6 Å². The highest BCUT2D eigenvalue weighted by molar-refractivity contribution is 6.33. The van der Waals surface area contributed by atoms with E-state index in [1.54, 1.807) is 18.2 Å². The van der Waals surface area contributed by atoms with Gasteiger partial charge in [-0.05, 0) is 38.2 Å². The summed E-state index contributed by atoms with van der Waals surface area (Å²) in [6, 6.07) is 5.08. The van der Waals surface area contributed by atoms with Gasteiger partial charge in [0.2, 0.25) is 0 Å². The number of nitrogens with zero attached hydrogens (tertiary/aromatic N) is 1. The van der Waals surface area contributed by atoms with Crippen LogP contribution in [0.3, 0.4) is 0 Å². The number of halogens is 1. The van der Waals surface area contributed by atoms with Gasteiger partial charge in [-0.15, -0.1) is 0 Å². The molecule has 0 atom stereocenters. The number of amides is 1. The standard InChI is InChI=1S/C14H22ClN3O/c1-3-18(4-2)10-6-9-17-14(19)11-7-5-8-12(15)13(11)16/h5,7-8H,3-4,6,9-10,16H2,1-2H3,(H,17,19). The predicted molar refractivity (Wildman–Crippen MR) is 80.6 cm³/mol. The first-order valence-electron chi connectivity index (χ1n) is 6.64. The van der Waals surface area contributed by atoms with Crippen molar-refractivity contribution >= 4 is 23.2 Å². The van der Waals surface area contributed by atoms with Crippen LogP contribution in [0.5, 0.6) is 0 Å². The summed E-state index contributed by atoms with van der Waals surface area (Å²) in [6.45, 7) is 7.96. The Morgan fingerprint density at radius 1 is 1.37 bits per heavy atom. The summed E-state index contributed by atoms with van der Waals surface area (Å²) in [5.41, 5.74) is 6.56. The molecular formula is C14H22ClN3O. The smallest absolute Gasteiger partial charge is 0.253 e. The Balaban J connectivity index is 2.41. The minimum Gasteiger partial charge on any atom is -0.397 e. The van der Waals surface area contributed by atoms with Crippen molar-refractivity contribution in [2.75, 3.05) is 31.9 Å². The van der Waals surface area contributed by atoms with E-state index >= 15 is 0 Å². The molecule has 1 rings (SSSR count). The molecule has 0 aliphatic rings. The minimum absolute atomic E-state index is 0.167. The topological polar surface area (TPSA) is 58.4 Å². The van der Waals surface area contributed by atoms with Gasteiger partial charge in [0.15, 0.2) is 0 Å². The van der Waals surface area contributed by atoms with Gasteiger partial charge in [-0.25, -0.2) is 0 Å². The molecule has 4 nitrogen and oxygen atoms in total. The maximum atomic E-state index is 11.9. The third kappa shape index (κ3) is 4.73. The van der Waals surface area contributed by atoms with Crippen molar-refractivity contribution in [1.29, 1.82) is 0 Å². The maximum absolute atomic E-state index is 11.9. The van der Waals surface area contributed by atoms with E-state index in [2.05, 4.69) is 24.1 Å². The van der Waals surface area contributed by atoms with Gasteiger partial charge in [0.25, 0.3) is 5.91 Å². The molecule has 0 radical (unpaired) electrons. The lowest BCUT2D eigenvalue weighted by Gasteiger charge is -2.17. The Morgan fingerprint density at radius 3 is 2.68 bits per heavy atom. The SMILES string of the molecule is CCN(CC)CCCNC(=O)c1cccc(Cl)c1N. The van der Waals surface area contributed by atoms with Gasteiger partial charge in [0.05, 0.1) is 16.3 Å². The second-order valence-electron chi connectivity index (χ2n) is 4.34. The largest absolute Gasteiger partial charge is 0.397 e. The second-order valence-corrected chi connectivity index (χ2v) is 4.74. The van der Waals surface area contributed by atoms with Crippen LogP contribution in [-0.4, -0.2) is 37.0 Å². The highest BCUT2D eigenvalue weighted by Gasteiger charge is 2.10. The molecule has 0 fully saturated rings. The molecule has 0 saturated heterocycles. The Morgan fingerprint density at radius 2 is 2.05 bits per heavy atom. The van der Waals surface area contributed by atoms with Crippen LogP contribution in [-0.2, 0) is 0 Å². The summed E-state index contributed by atoms with van der Waals surface area (Å²) < 4.78 is 0. The minimum atomic E-state index is -0.167. The summed E-state index contributed by atoms with van der Waals surface area (Å²) in [7, 11) is 0. The molecule has 0 spiro atoms. The van der Waals surface area contributed by atoms with E-state index < -0.39 is 0 Å². The molecule has 0 aliphatic carbocycles. The zero-order chi connectivity index (χ0) is 14.3. The zero-order valence-corrected chi connectivity index (χ0v) is 12.3. The molecule has 106 valence electrons. The first-order valence-corrected chi connectivity index (χ1v) is 7.02. The molecule has 19 heavy (non-hydrogen) atoms. The Bertz CT molecular complexity index is 419. The van der Waals surface area contributed by atoms with Crippen molar-refractivity contribution in [3.63, 3.8) is 0 Å². The number of para-hydroxylation sites is 1. The lowest BCUT2D eigenvalue weighted by molar-refractivity contribution is 0.0952. The summed E-state index contributed by atoms with van der Waals surface area (Å²) in [6.07, 6.45) is 0.924. The summed E-state index contributed by atoms with van der Waals surface area (Å²) in [5, 5.41) is 3.28. The fourth-order valence-electron chi connectivity index (χ4n) is 1.87. The van der Waals surface area contributed by atoms with Crippen LogP contribution in [0.4, 0.5) is 5.69 Å². The van der Waals surface area contributed by atoms with Crippen molar-refractivity contribution < 1.29 is 4.79 Å². The lowest BCUT2D eigenvalue weighted by atomic mass is 10.1. The van der Waals surface area contributed by atoms with E-state index in [9.17, 15) is 4.79 Å². The molecule has 0 saturated carbocycles. The molecule has 1 amide bonds. The molecular weight excluding hydrogens is 262 g/mol. The normalized spacial score (nSPS) is 10.7. The maximum Gasteiger partial charge on any atom is 0.253 e. The van der Waals surface area contributed by atoms with Crippen LogP contribution in [0.25, 0.3) is 0 Å². The third-order valence-electron chi connectivity index (χ3n) is 3.13. The average Bonchev–Trinajstić information content (AvgIpc) is 2.42. The molecule has 0 aliphatic heterocycles. The number of nitrogens with two attached hydrogens (primary N) is 1. The first-order chi connectivity index (χ1) is 9.10. The zero-order valence-electron chi connectivity index (χ0n) is 11.6. The van der Waals surface area contributed by atoms with E-state index in [0.717, 1.165) is 26.1 Å². The van der Waals surface area contributed by atoms with Crippen LogP contribution in [0.2, 0.25) is 5.02 Å². The van der Waals surface area contributed by atoms with E-state index in [1.165, 1.54) is 0 Å². The van der Waals surface area contributed by atoms with E-state index in [4.69, 9.17) is 17.3 Å². The number of nitrogens with one attached hydrogen (secondary N) is 1. The van der Waals surface area contributed by atoms with Crippen molar-refractivity contribution in [2.24, 2.45) is 0 Å². The summed E-state index contributed by atoms with van der Waals surface area (Å²) in [5.74, 6) is -0.167. The van der Waals surface area contributed by atoms with Crippen molar-refractivity contribution in [2.45, 2.75) is 20.3 Å². The number of hydrogen-bond donors (Lipinski definition) is 2. The number of carbonyl (C=O) groups is 1. The highest BCUT2D eigenvalue weighted by Crippen LogP contribution is 2.22. The summed E-state index contributed by atoms with van der Waals surface area (Å²) in [4.78, 5) is 14.3. The Labute approximate surface area is 119 Å². The molecule has 0 bridgehead atoms. The van der Waals surface area contributed by atoms with Gasteiger partial charge in [-0.1, -0.05) is 31.5 Å². The number of nitrogen functional groups attached to an aromatic ring is 1. The van der Waals surface area contributed by atoms with Crippen molar-refractivity contribution in [1.82, 2.24) is 10.2 Å². The molecule has 1 aromatic rings. The third-order valence-corrected chi connectivity index (χ3v) is 3.46. The fourth-order valence-corrected chi connectivity index (χ4v) is 2.05. The molecule has 0 aromatic heterocycles. The van der Waals surface area contributed by atoms with Gasteiger partial charge in [-0.2, -0.15) is 0 Å².